The summed E-state index contributed by atoms with van der Waals surface area (Å²) in [5.41, 5.74) is 6.70. The van der Waals surface area contributed by atoms with Crippen molar-refractivity contribution in [1.29, 1.82) is 0 Å². The lowest BCUT2D eigenvalue weighted by Gasteiger charge is -2.16. The monoisotopic (exact) mass is 400 g/mol. The van der Waals surface area contributed by atoms with Crippen LogP contribution >= 0.6 is 0 Å². The third kappa shape index (κ3) is 3.58. The van der Waals surface area contributed by atoms with E-state index in [1.54, 1.807) is 4.57 Å². The fourth-order valence-corrected chi connectivity index (χ4v) is 3.08. The van der Waals surface area contributed by atoms with E-state index in [4.69, 9.17) is 15.2 Å². The second kappa shape index (κ2) is 7.41. The molecule has 2 aromatic heterocycles. The molecule has 12 nitrogen and oxygen atoms in total. The average Bonchev–Trinajstić information content (AvgIpc) is 3.30. The van der Waals surface area contributed by atoms with E-state index in [0.717, 1.165) is 0 Å². The van der Waals surface area contributed by atoms with E-state index in [0.29, 0.717) is 11.2 Å². The van der Waals surface area contributed by atoms with Gasteiger partial charge in [-0.3, -0.25) is 14.7 Å². The third-order valence-electron chi connectivity index (χ3n) is 4.59. The average molecular weight is 400 g/mol. The maximum atomic E-state index is 12.1. The molecule has 3 atom stereocenters. The van der Waals surface area contributed by atoms with E-state index < -0.39 is 29.3 Å². The molecule has 0 bridgehead atoms. The van der Waals surface area contributed by atoms with Crippen molar-refractivity contribution < 1.29 is 24.3 Å². The summed E-state index contributed by atoms with van der Waals surface area (Å²) in [6.07, 6.45) is 0.866. The first-order valence-electron chi connectivity index (χ1n) is 8.62. The summed E-state index contributed by atoms with van der Waals surface area (Å²) in [6.45, 7) is -0.183. The van der Waals surface area contributed by atoms with Gasteiger partial charge in [0, 0.05) is 18.6 Å². The molecule has 0 spiro atoms. The van der Waals surface area contributed by atoms with Crippen LogP contribution in [0.25, 0.3) is 11.2 Å². The van der Waals surface area contributed by atoms with Crippen molar-refractivity contribution in [2.24, 2.45) is 0 Å². The van der Waals surface area contributed by atoms with Gasteiger partial charge in [-0.15, -0.1) is 0 Å². The topological polar surface area (TPSA) is 169 Å². The molecule has 29 heavy (non-hydrogen) atoms. The molecule has 0 radical (unpaired) electrons. The number of hydrogen-bond donors (Lipinski definition) is 2. The van der Waals surface area contributed by atoms with Gasteiger partial charge in [-0.05, 0) is 12.1 Å². The van der Waals surface area contributed by atoms with E-state index in [1.807, 2.05) is 0 Å². The normalized spacial score (nSPS) is 21.3. The van der Waals surface area contributed by atoms with Gasteiger partial charge in [0.25, 0.3) is 5.69 Å². The molecule has 0 aliphatic carbocycles. The van der Waals surface area contributed by atoms with Crippen LogP contribution in [0.3, 0.4) is 0 Å². The highest BCUT2D eigenvalue weighted by Gasteiger charge is 2.36. The van der Waals surface area contributed by atoms with Gasteiger partial charge in [0.05, 0.1) is 22.9 Å². The number of anilines is 1. The van der Waals surface area contributed by atoms with Crippen LogP contribution in [0.1, 0.15) is 23.0 Å². The predicted molar refractivity (Wildman–Crippen MR) is 97.6 cm³/mol. The summed E-state index contributed by atoms with van der Waals surface area (Å²) in [5, 5.41) is 21.0. The zero-order valence-electron chi connectivity index (χ0n) is 14.9. The highest BCUT2D eigenvalue weighted by Crippen LogP contribution is 2.31. The maximum absolute atomic E-state index is 12.1. The van der Waals surface area contributed by atoms with Crippen LogP contribution in [0.5, 0.6) is 0 Å². The summed E-state index contributed by atoms with van der Waals surface area (Å²) >= 11 is 0. The zero-order valence-corrected chi connectivity index (χ0v) is 14.9. The molecular formula is C17H16N6O6. The number of esters is 1. The number of hydrogen-bond acceptors (Lipinski definition) is 10. The largest absolute Gasteiger partial charge is 0.459 e. The van der Waals surface area contributed by atoms with Crippen molar-refractivity contribution in [2.75, 3.05) is 12.3 Å². The molecule has 1 aromatic carbocycles. The van der Waals surface area contributed by atoms with Crippen LogP contribution in [0.15, 0.2) is 36.9 Å². The molecule has 0 amide bonds. The molecule has 3 aromatic rings. The van der Waals surface area contributed by atoms with Gasteiger partial charge in [-0.1, -0.05) is 0 Å². The number of aliphatic hydroxyl groups is 1. The van der Waals surface area contributed by atoms with Crippen molar-refractivity contribution in [3.8, 4) is 0 Å². The fourth-order valence-electron chi connectivity index (χ4n) is 3.08. The Morgan fingerprint density at radius 3 is 2.83 bits per heavy atom. The number of carbonyl (C=O) groups is 1. The number of aliphatic hydroxyl groups excluding tert-OH is 1. The van der Waals surface area contributed by atoms with E-state index in [1.165, 1.54) is 36.9 Å². The van der Waals surface area contributed by atoms with Gasteiger partial charge in [0.2, 0.25) is 0 Å². The zero-order chi connectivity index (χ0) is 20.5. The number of carbonyl (C=O) groups excluding carboxylic acids is 1. The molecule has 1 aliphatic rings. The second-order valence-electron chi connectivity index (χ2n) is 6.42. The lowest BCUT2D eigenvalue weighted by atomic mass is 10.2. The molecule has 12 heteroatoms. The quantitative estimate of drug-likeness (QED) is 0.355. The van der Waals surface area contributed by atoms with Crippen LogP contribution < -0.4 is 5.73 Å². The first-order chi connectivity index (χ1) is 13.9. The van der Waals surface area contributed by atoms with Gasteiger partial charge in [0.1, 0.15) is 30.8 Å². The highest BCUT2D eigenvalue weighted by atomic mass is 16.6. The number of ether oxygens (including phenoxy) is 2. The minimum Gasteiger partial charge on any atom is -0.459 e. The van der Waals surface area contributed by atoms with Gasteiger partial charge >= 0.3 is 5.97 Å². The SMILES string of the molecule is Nc1ncnc2c1ncn2[C@H]1C[C@H](O)[C@@H](COC(=O)c2ccc([N+](=O)[O-])cc2)O1. The van der Waals surface area contributed by atoms with Gasteiger partial charge < -0.3 is 20.3 Å². The van der Waals surface area contributed by atoms with Gasteiger partial charge in [0.15, 0.2) is 11.5 Å². The maximum Gasteiger partial charge on any atom is 0.338 e. The Labute approximate surface area is 163 Å². The first-order valence-corrected chi connectivity index (χ1v) is 8.62. The third-order valence-corrected chi connectivity index (χ3v) is 4.59. The van der Waals surface area contributed by atoms with Gasteiger partial charge in [-0.25, -0.2) is 19.7 Å². The number of imidazole rings is 1. The summed E-state index contributed by atoms with van der Waals surface area (Å²) in [7, 11) is 0. The lowest BCUT2D eigenvalue weighted by molar-refractivity contribution is -0.384. The number of nitrogens with two attached hydrogens (primary N) is 1. The second-order valence-corrected chi connectivity index (χ2v) is 6.42. The number of aromatic nitrogens is 4. The summed E-state index contributed by atoms with van der Waals surface area (Å²) in [5.74, 6) is -0.436. The van der Waals surface area contributed by atoms with Crippen LogP contribution in [-0.4, -0.2) is 54.3 Å². The summed E-state index contributed by atoms with van der Waals surface area (Å²) in [4.78, 5) is 34.4. The number of nitro groups is 1. The lowest BCUT2D eigenvalue weighted by Crippen LogP contribution is -2.28. The fraction of sp³-hybridized carbons (Fsp3) is 0.294. The Kier molecular flexibility index (Phi) is 4.78. The number of rotatable bonds is 5. The Balaban J connectivity index is 1.40. The molecule has 1 aliphatic heterocycles. The number of fused-ring (bicyclic) bond motifs is 1. The van der Waals surface area contributed by atoms with Crippen LogP contribution in [0.2, 0.25) is 0 Å². The van der Waals surface area contributed by atoms with Crippen molar-refractivity contribution in [3.05, 3.63) is 52.6 Å². The van der Waals surface area contributed by atoms with E-state index in [9.17, 15) is 20.0 Å². The molecule has 1 saturated heterocycles. The molecular weight excluding hydrogens is 384 g/mol. The Bertz CT molecular complexity index is 1070. The van der Waals surface area contributed by atoms with Crippen LogP contribution in [0.4, 0.5) is 11.5 Å². The molecule has 3 N–H and O–H groups in total. The van der Waals surface area contributed by atoms with Crippen molar-refractivity contribution in [1.82, 2.24) is 19.5 Å². The van der Waals surface area contributed by atoms with Crippen LogP contribution in [-0.2, 0) is 9.47 Å². The number of nitro benzene ring substituents is 1. The Morgan fingerprint density at radius 2 is 2.10 bits per heavy atom. The minimum atomic E-state index is -0.874. The first kappa shape index (κ1) is 18.7. The minimum absolute atomic E-state index is 0.129. The van der Waals surface area contributed by atoms with E-state index in [-0.39, 0.29) is 30.1 Å². The van der Waals surface area contributed by atoms with Gasteiger partial charge in [-0.2, -0.15) is 0 Å². The Morgan fingerprint density at radius 1 is 1.34 bits per heavy atom. The standard InChI is InChI=1S/C17H16N6O6/c18-15-14-16(20-7-19-15)22(8-21-14)13-5-11(24)12(29-13)6-28-17(25)9-1-3-10(4-2-9)23(26)27/h1-4,7-8,11-13,24H,5-6H2,(H2,18,19,20)/t11-,12+,13+/m0/s1. The van der Waals surface area contributed by atoms with Crippen molar-refractivity contribution in [3.63, 3.8) is 0 Å². The number of nitrogen functional groups attached to an aromatic ring is 1. The molecule has 1 fully saturated rings. The molecule has 0 saturated carbocycles. The predicted octanol–water partition coefficient (Wildman–Crippen LogP) is 0.822. The van der Waals surface area contributed by atoms with Crippen LogP contribution in [0, 0.1) is 10.1 Å². The van der Waals surface area contributed by atoms with E-state index in [2.05, 4.69) is 15.0 Å². The number of benzene rings is 1. The number of nitrogens with zero attached hydrogens (tertiary/aromatic N) is 5. The Hall–Kier alpha value is -3.64. The smallest absolute Gasteiger partial charge is 0.338 e. The molecule has 4 rings (SSSR count). The molecule has 150 valence electrons. The summed E-state index contributed by atoms with van der Waals surface area (Å²) < 4.78 is 12.6. The van der Waals surface area contributed by atoms with Crippen molar-refractivity contribution in [2.45, 2.75) is 24.9 Å². The van der Waals surface area contributed by atoms with E-state index >= 15 is 0 Å². The van der Waals surface area contributed by atoms with Crippen molar-refractivity contribution >= 4 is 28.6 Å². The highest BCUT2D eigenvalue weighted by molar-refractivity contribution is 5.89. The number of non-ortho nitro benzene ring substituents is 1. The molecule has 0 unspecified atom stereocenters. The molecule has 3 heterocycles. The summed E-state index contributed by atoms with van der Waals surface area (Å²) in [6, 6.07) is 5.03.